The molecule has 1 aromatic carbocycles. The fourth-order valence-electron chi connectivity index (χ4n) is 2.24. The summed E-state index contributed by atoms with van der Waals surface area (Å²) in [6.07, 6.45) is 0. The van der Waals surface area contributed by atoms with Gasteiger partial charge in [0.15, 0.2) is 0 Å². The van der Waals surface area contributed by atoms with E-state index in [1.807, 2.05) is 19.1 Å². The van der Waals surface area contributed by atoms with E-state index in [0.717, 1.165) is 4.47 Å². The number of anilines is 2. The van der Waals surface area contributed by atoms with Crippen molar-refractivity contribution in [2.45, 2.75) is 19.9 Å². The summed E-state index contributed by atoms with van der Waals surface area (Å²) in [5.41, 5.74) is 1.36. The Morgan fingerprint density at radius 1 is 1.39 bits per heavy atom. The molecule has 1 atom stereocenters. The van der Waals surface area contributed by atoms with Crippen LogP contribution in [0.1, 0.15) is 13.8 Å². The Bertz CT molecular complexity index is 521. The first-order valence-corrected chi connectivity index (χ1v) is 6.65. The zero-order valence-corrected chi connectivity index (χ0v) is 12.3. The molecule has 0 spiro atoms. The van der Waals surface area contributed by atoms with Crippen molar-refractivity contribution in [2.24, 2.45) is 0 Å². The van der Waals surface area contributed by atoms with E-state index < -0.39 is 5.37 Å². The molecule has 0 fully saturated rings. The summed E-state index contributed by atoms with van der Waals surface area (Å²) < 4.78 is 0.835. The van der Waals surface area contributed by atoms with E-state index >= 15 is 0 Å². The van der Waals surface area contributed by atoms with Gasteiger partial charge in [0.25, 0.3) is 0 Å². The maximum absolute atomic E-state index is 11.7. The fraction of sp³-hybridized carbons (Fsp3) is 0.333. The minimum Gasteiger partial charge on any atom is -0.306 e. The van der Waals surface area contributed by atoms with Gasteiger partial charge in [-0.05, 0) is 36.7 Å². The number of hydrogen-bond donors (Lipinski definition) is 0. The average Bonchev–Trinajstić information content (AvgIpc) is 2.27. The number of nitrogens with zero attached hydrogens (tertiary/aromatic N) is 2. The van der Waals surface area contributed by atoms with Crippen LogP contribution in [0.2, 0.25) is 0 Å². The van der Waals surface area contributed by atoms with Gasteiger partial charge in [-0.15, -0.1) is 0 Å². The molecule has 0 aliphatic carbocycles. The summed E-state index contributed by atoms with van der Waals surface area (Å²) in [5.74, 6) is -0.0484. The van der Waals surface area contributed by atoms with Crippen LogP contribution in [-0.2, 0) is 4.79 Å². The van der Waals surface area contributed by atoms with E-state index in [-0.39, 0.29) is 11.9 Å². The lowest BCUT2D eigenvalue weighted by molar-refractivity contribution is -0.117. The number of halogens is 2. The topological polar surface area (TPSA) is 40.6 Å². The van der Waals surface area contributed by atoms with Crippen molar-refractivity contribution in [1.82, 2.24) is 0 Å². The Morgan fingerprint density at radius 2 is 2.06 bits per heavy atom. The van der Waals surface area contributed by atoms with Crippen molar-refractivity contribution in [3.8, 4) is 0 Å². The molecule has 1 unspecified atom stereocenters. The monoisotopic (exact) mass is 330 g/mol. The SMILES string of the molecule is CC(=O)N1c2ccc(Br)cc2N(C(=O)Cl)CC1C. The van der Waals surface area contributed by atoms with Crippen LogP contribution in [0.15, 0.2) is 22.7 Å². The molecule has 0 aromatic heterocycles. The van der Waals surface area contributed by atoms with E-state index in [1.165, 1.54) is 11.8 Å². The molecule has 0 N–H and O–H groups in total. The van der Waals surface area contributed by atoms with Gasteiger partial charge >= 0.3 is 5.37 Å². The van der Waals surface area contributed by atoms with Crippen molar-refractivity contribution in [2.75, 3.05) is 16.3 Å². The number of rotatable bonds is 0. The van der Waals surface area contributed by atoms with Crippen LogP contribution < -0.4 is 9.80 Å². The molecular formula is C12H12BrClN2O2. The van der Waals surface area contributed by atoms with Crippen LogP contribution in [-0.4, -0.2) is 23.9 Å². The number of fused-ring (bicyclic) bond motifs is 1. The van der Waals surface area contributed by atoms with E-state index in [4.69, 9.17) is 11.6 Å². The smallest absolute Gasteiger partial charge is 0.306 e. The molecule has 2 rings (SSSR count). The fourth-order valence-corrected chi connectivity index (χ4v) is 2.75. The molecule has 0 bridgehead atoms. The van der Waals surface area contributed by atoms with Crippen molar-refractivity contribution < 1.29 is 9.59 Å². The molecule has 6 heteroatoms. The Labute approximate surface area is 119 Å². The molecular weight excluding hydrogens is 320 g/mol. The summed E-state index contributed by atoms with van der Waals surface area (Å²) in [4.78, 5) is 26.3. The Balaban J connectivity index is 2.59. The summed E-state index contributed by atoms with van der Waals surface area (Å²) in [6.45, 7) is 3.80. The number of amides is 2. The minimum atomic E-state index is -0.538. The second-order valence-electron chi connectivity index (χ2n) is 4.23. The maximum Gasteiger partial charge on any atom is 0.320 e. The van der Waals surface area contributed by atoms with E-state index in [0.29, 0.717) is 17.9 Å². The predicted octanol–water partition coefficient (Wildman–Crippen LogP) is 3.37. The lowest BCUT2D eigenvalue weighted by atomic mass is 10.1. The predicted molar refractivity (Wildman–Crippen MR) is 75.4 cm³/mol. The third-order valence-electron chi connectivity index (χ3n) is 2.93. The van der Waals surface area contributed by atoms with Gasteiger partial charge in [-0.3, -0.25) is 14.5 Å². The van der Waals surface area contributed by atoms with Crippen molar-refractivity contribution in [3.63, 3.8) is 0 Å². The molecule has 96 valence electrons. The molecule has 0 radical (unpaired) electrons. The molecule has 0 saturated heterocycles. The van der Waals surface area contributed by atoms with Crippen LogP contribution >= 0.6 is 27.5 Å². The van der Waals surface area contributed by atoms with Crippen LogP contribution in [0.25, 0.3) is 0 Å². The van der Waals surface area contributed by atoms with E-state index in [9.17, 15) is 9.59 Å². The van der Waals surface area contributed by atoms with E-state index in [2.05, 4.69) is 15.9 Å². The molecule has 1 aliphatic heterocycles. The minimum absolute atomic E-state index is 0.0484. The standard InChI is InChI=1S/C12H12BrClN2O2/c1-7-6-15(12(14)18)11-5-9(13)3-4-10(11)16(7)8(2)17/h3-5,7H,6H2,1-2H3. The molecule has 0 saturated carbocycles. The zero-order valence-electron chi connectivity index (χ0n) is 9.98. The van der Waals surface area contributed by atoms with Crippen LogP contribution in [0, 0.1) is 0 Å². The van der Waals surface area contributed by atoms with Gasteiger partial charge in [-0.1, -0.05) is 15.9 Å². The number of benzene rings is 1. The molecule has 1 heterocycles. The average molecular weight is 332 g/mol. The van der Waals surface area contributed by atoms with Crippen molar-refractivity contribution in [1.29, 1.82) is 0 Å². The first kappa shape index (κ1) is 13.4. The lowest BCUT2D eigenvalue weighted by Gasteiger charge is -2.39. The summed E-state index contributed by atoms with van der Waals surface area (Å²) in [5, 5.41) is -0.538. The third-order valence-corrected chi connectivity index (χ3v) is 3.62. The molecule has 4 nitrogen and oxygen atoms in total. The van der Waals surface area contributed by atoms with Gasteiger partial charge in [-0.25, -0.2) is 0 Å². The zero-order chi connectivity index (χ0) is 13.4. The Kier molecular flexibility index (Phi) is 3.64. The largest absolute Gasteiger partial charge is 0.320 e. The number of hydrogen-bond acceptors (Lipinski definition) is 2. The van der Waals surface area contributed by atoms with Crippen LogP contribution in [0.4, 0.5) is 16.2 Å². The third kappa shape index (κ3) is 2.24. The van der Waals surface area contributed by atoms with Crippen molar-refractivity contribution >= 4 is 50.2 Å². The second kappa shape index (κ2) is 4.90. The highest BCUT2D eigenvalue weighted by Gasteiger charge is 2.32. The summed E-state index contributed by atoms with van der Waals surface area (Å²) in [6, 6.07) is 5.34. The summed E-state index contributed by atoms with van der Waals surface area (Å²) in [7, 11) is 0. The molecule has 18 heavy (non-hydrogen) atoms. The maximum atomic E-state index is 11.7. The molecule has 2 amide bonds. The van der Waals surface area contributed by atoms with Gasteiger partial charge in [0, 0.05) is 17.9 Å². The highest BCUT2D eigenvalue weighted by atomic mass is 79.9. The Morgan fingerprint density at radius 3 is 2.61 bits per heavy atom. The highest BCUT2D eigenvalue weighted by molar-refractivity contribution is 9.10. The summed E-state index contributed by atoms with van der Waals surface area (Å²) >= 11 is 8.95. The number of carbonyl (C=O) groups excluding carboxylic acids is 2. The van der Waals surface area contributed by atoms with Gasteiger partial charge in [0.05, 0.1) is 17.4 Å². The highest BCUT2D eigenvalue weighted by Crippen LogP contribution is 2.38. The van der Waals surface area contributed by atoms with E-state index in [1.54, 1.807) is 11.0 Å². The normalized spacial score (nSPS) is 18.6. The van der Waals surface area contributed by atoms with Crippen molar-refractivity contribution in [3.05, 3.63) is 22.7 Å². The van der Waals surface area contributed by atoms with Gasteiger partial charge in [0.2, 0.25) is 5.91 Å². The quantitative estimate of drug-likeness (QED) is 0.540. The molecule has 1 aromatic rings. The second-order valence-corrected chi connectivity index (χ2v) is 5.47. The van der Waals surface area contributed by atoms with Crippen LogP contribution in [0.3, 0.4) is 0 Å². The molecule has 1 aliphatic rings. The van der Waals surface area contributed by atoms with Gasteiger partial charge in [0.1, 0.15) is 0 Å². The van der Waals surface area contributed by atoms with Crippen LogP contribution in [0.5, 0.6) is 0 Å². The van der Waals surface area contributed by atoms with Gasteiger partial charge in [-0.2, -0.15) is 0 Å². The Hall–Kier alpha value is -1.07. The first-order chi connectivity index (χ1) is 8.41. The first-order valence-electron chi connectivity index (χ1n) is 5.48. The lowest BCUT2D eigenvalue weighted by Crippen LogP contribution is -2.50. The van der Waals surface area contributed by atoms with Gasteiger partial charge < -0.3 is 4.90 Å². The number of carbonyl (C=O) groups is 2.